The summed E-state index contributed by atoms with van der Waals surface area (Å²) >= 11 is 0. The van der Waals surface area contributed by atoms with E-state index in [1.807, 2.05) is 9.97 Å². The number of H-pyrrole nitrogens is 2. The van der Waals surface area contributed by atoms with Crippen molar-refractivity contribution in [2.75, 3.05) is 6.61 Å². The maximum atomic E-state index is 11.2. The molecular formula is C8H11N3O4. The highest BCUT2D eigenvalue weighted by atomic mass is 16.6. The molecular weight excluding hydrogens is 202 g/mol. The van der Waals surface area contributed by atoms with Gasteiger partial charge in [0.05, 0.1) is 12.7 Å². The number of nitrogens with zero attached hydrogens (tertiary/aromatic N) is 1. The van der Waals surface area contributed by atoms with Gasteiger partial charge in [0.15, 0.2) is 0 Å². The highest BCUT2D eigenvalue weighted by molar-refractivity contribution is 4.72. The van der Waals surface area contributed by atoms with Crippen LogP contribution in [0.15, 0.2) is 14.4 Å². The fraction of sp³-hybridized carbons (Fsp3) is 0.625. The van der Waals surface area contributed by atoms with Crippen LogP contribution in [0.4, 0.5) is 0 Å². The number of aromatic nitrogens is 3. The fourth-order valence-electron chi connectivity index (χ4n) is 1.37. The first-order valence-corrected chi connectivity index (χ1v) is 4.72. The zero-order valence-electron chi connectivity index (χ0n) is 7.99. The second-order valence-corrected chi connectivity index (χ2v) is 3.44. The van der Waals surface area contributed by atoms with Gasteiger partial charge in [0.2, 0.25) is 0 Å². The summed E-state index contributed by atoms with van der Waals surface area (Å²) in [7, 11) is 0. The second kappa shape index (κ2) is 3.85. The molecule has 1 unspecified atom stereocenters. The van der Waals surface area contributed by atoms with Crippen LogP contribution in [0.25, 0.3) is 0 Å². The Bertz CT molecular complexity index is 473. The smallest absolute Gasteiger partial charge is 0.333 e. The quantitative estimate of drug-likeness (QED) is 0.588. The predicted octanol–water partition coefficient (Wildman–Crippen LogP) is -1.60. The minimum Gasteiger partial charge on any atom is -0.373 e. The number of epoxide rings is 1. The molecule has 1 saturated heterocycles. The van der Waals surface area contributed by atoms with Gasteiger partial charge in [0, 0.05) is 6.54 Å². The normalized spacial score (nSPS) is 19.1. The van der Waals surface area contributed by atoms with Gasteiger partial charge >= 0.3 is 17.1 Å². The topological polar surface area (TPSA) is 100 Å². The molecule has 2 heterocycles. The molecule has 2 N–H and O–H groups in total. The molecule has 0 amide bonds. The second-order valence-electron chi connectivity index (χ2n) is 3.44. The molecule has 0 spiro atoms. The van der Waals surface area contributed by atoms with Gasteiger partial charge in [-0.05, 0) is 12.8 Å². The van der Waals surface area contributed by atoms with Gasteiger partial charge in [0.1, 0.15) is 0 Å². The number of rotatable bonds is 4. The lowest BCUT2D eigenvalue weighted by molar-refractivity contribution is 0.383. The zero-order chi connectivity index (χ0) is 10.8. The molecule has 7 nitrogen and oxygen atoms in total. The van der Waals surface area contributed by atoms with Crippen LogP contribution in [0.2, 0.25) is 0 Å². The molecule has 0 bridgehead atoms. The minimum atomic E-state index is -0.772. The third kappa shape index (κ3) is 2.44. The Morgan fingerprint density at radius 3 is 2.40 bits per heavy atom. The average Bonchev–Trinajstić information content (AvgIpc) is 2.93. The summed E-state index contributed by atoms with van der Waals surface area (Å²) in [5, 5.41) is 0. The van der Waals surface area contributed by atoms with E-state index >= 15 is 0 Å². The molecule has 15 heavy (non-hydrogen) atoms. The van der Waals surface area contributed by atoms with E-state index in [1.165, 1.54) is 0 Å². The van der Waals surface area contributed by atoms with Gasteiger partial charge < -0.3 is 4.74 Å². The summed E-state index contributed by atoms with van der Waals surface area (Å²) in [5.74, 6) is 0. The lowest BCUT2D eigenvalue weighted by Gasteiger charge is -2.01. The Labute approximate surface area is 83.7 Å². The molecule has 0 aliphatic carbocycles. The summed E-state index contributed by atoms with van der Waals surface area (Å²) in [4.78, 5) is 37.1. The van der Waals surface area contributed by atoms with E-state index in [0.29, 0.717) is 13.0 Å². The third-order valence-corrected chi connectivity index (χ3v) is 2.24. The van der Waals surface area contributed by atoms with E-state index in [2.05, 4.69) is 0 Å². The highest BCUT2D eigenvalue weighted by Gasteiger charge is 2.21. The van der Waals surface area contributed by atoms with Crippen molar-refractivity contribution in [3.63, 3.8) is 0 Å². The van der Waals surface area contributed by atoms with Crippen molar-refractivity contribution in [1.29, 1.82) is 0 Å². The molecule has 1 aliphatic rings. The van der Waals surface area contributed by atoms with Crippen LogP contribution in [0, 0.1) is 0 Å². The van der Waals surface area contributed by atoms with Crippen LogP contribution < -0.4 is 17.1 Å². The summed E-state index contributed by atoms with van der Waals surface area (Å²) in [6.07, 6.45) is 1.78. The van der Waals surface area contributed by atoms with Crippen LogP contribution in [-0.2, 0) is 11.3 Å². The van der Waals surface area contributed by atoms with Crippen molar-refractivity contribution in [3.8, 4) is 0 Å². The summed E-state index contributed by atoms with van der Waals surface area (Å²) in [6.45, 7) is 1.06. The summed E-state index contributed by atoms with van der Waals surface area (Å²) in [5.41, 5.74) is -2.10. The lowest BCUT2D eigenvalue weighted by atomic mass is 10.2. The van der Waals surface area contributed by atoms with Crippen molar-refractivity contribution in [2.24, 2.45) is 0 Å². The molecule has 0 radical (unpaired) electrons. The summed E-state index contributed by atoms with van der Waals surface area (Å²) < 4.78 is 5.97. The SMILES string of the molecule is O=c1[nH]c(=O)n(CCCC2CO2)c(=O)[nH]1. The Balaban J connectivity index is 2.09. The van der Waals surface area contributed by atoms with E-state index in [-0.39, 0.29) is 6.10 Å². The van der Waals surface area contributed by atoms with Crippen LogP contribution in [0.5, 0.6) is 0 Å². The first-order valence-electron chi connectivity index (χ1n) is 4.72. The molecule has 82 valence electrons. The summed E-state index contributed by atoms with van der Waals surface area (Å²) in [6, 6.07) is 0. The third-order valence-electron chi connectivity index (χ3n) is 2.24. The van der Waals surface area contributed by atoms with Crippen molar-refractivity contribution in [2.45, 2.75) is 25.5 Å². The standard InChI is InChI=1S/C8H11N3O4/c12-6-9-7(13)11(8(14)10-6)3-1-2-5-4-15-5/h5H,1-4H2,(H2,9,10,12,13,14). The number of aromatic amines is 2. The molecule has 2 rings (SSSR count). The Morgan fingerprint density at radius 2 is 1.87 bits per heavy atom. The molecule has 0 aromatic carbocycles. The number of nitrogens with one attached hydrogen (secondary N) is 2. The van der Waals surface area contributed by atoms with E-state index in [1.54, 1.807) is 0 Å². The van der Waals surface area contributed by atoms with Crippen molar-refractivity contribution >= 4 is 0 Å². The zero-order valence-corrected chi connectivity index (χ0v) is 7.99. The average molecular weight is 213 g/mol. The Morgan fingerprint density at radius 1 is 1.27 bits per heavy atom. The molecule has 1 aromatic heterocycles. The first kappa shape index (κ1) is 9.91. The van der Waals surface area contributed by atoms with Gasteiger partial charge in [0.25, 0.3) is 0 Å². The van der Waals surface area contributed by atoms with Crippen molar-refractivity contribution < 1.29 is 4.74 Å². The van der Waals surface area contributed by atoms with E-state index in [0.717, 1.165) is 17.6 Å². The van der Waals surface area contributed by atoms with Crippen LogP contribution in [0.1, 0.15) is 12.8 Å². The van der Waals surface area contributed by atoms with E-state index in [4.69, 9.17) is 4.74 Å². The van der Waals surface area contributed by atoms with E-state index < -0.39 is 17.1 Å². The Hall–Kier alpha value is -1.63. The maximum Gasteiger partial charge on any atom is 0.333 e. The Kier molecular flexibility index (Phi) is 2.55. The van der Waals surface area contributed by atoms with Crippen LogP contribution in [-0.4, -0.2) is 27.2 Å². The minimum absolute atomic E-state index is 0.280. The maximum absolute atomic E-state index is 11.2. The monoisotopic (exact) mass is 213 g/mol. The largest absolute Gasteiger partial charge is 0.373 e. The van der Waals surface area contributed by atoms with Crippen LogP contribution >= 0.6 is 0 Å². The predicted molar refractivity (Wildman–Crippen MR) is 50.9 cm³/mol. The van der Waals surface area contributed by atoms with Gasteiger partial charge in [-0.25, -0.2) is 19.0 Å². The molecule has 1 fully saturated rings. The molecule has 7 heteroatoms. The van der Waals surface area contributed by atoms with Gasteiger partial charge in [-0.1, -0.05) is 0 Å². The fourth-order valence-corrected chi connectivity index (χ4v) is 1.37. The van der Waals surface area contributed by atoms with Crippen molar-refractivity contribution in [3.05, 3.63) is 31.5 Å². The number of hydrogen-bond donors (Lipinski definition) is 2. The van der Waals surface area contributed by atoms with Gasteiger partial charge in [-0.2, -0.15) is 0 Å². The number of hydrogen-bond acceptors (Lipinski definition) is 4. The lowest BCUT2D eigenvalue weighted by Crippen LogP contribution is -2.43. The molecule has 1 aliphatic heterocycles. The van der Waals surface area contributed by atoms with E-state index in [9.17, 15) is 14.4 Å². The van der Waals surface area contributed by atoms with Crippen molar-refractivity contribution in [1.82, 2.24) is 14.5 Å². The molecule has 1 atom stereocenters. The molecule has 0 saturated carbocycles. The highest BCUT2D eigenvalue weighted by Crippen LogP contribution is 2.15. The van der Waals surface area contributed by atoms with Gasteiger partial charge in [-0.15, -0.1) is 0 Å². The molecule has 1 aromatic rings. The number of ether oxygens (including phenoxy) is 1. The first-order chi connectivity index (χ1) is 7.16. The van der Waals surface area contributed by atoms with Crippen LogP contribution in [0.3, 0.4) is 0 Å². The van der Waals surface area contributed by atoms with Gasteiger partial charge in [-0.3, -0.25) is 9.97 Å².